The number of nitrogens with two attached hydrogens (primary N) is 1. The van der Waals surface area contributed by atoms with Crippen LogP contribution in [0.15, 0.2) is 0 Å². The molecule has 0 radical (unpaired) electrons. The molecule has 2 N–H and O–H groups in total. The van der Waals surface area contributed by atoms with E-state index in [9.17, 15) is 0 Å². The van der Waals surface area contributed by atoms with Gasteiger partial charge in [-0.15, -0.1) is 5.10 Å². The second-order valence-electron chi connectivity index (χ2n) is 4.05. The van der Waals surface area contributed by atoms with Gasteiger partial charge in [0, 0.05) is 13.0 Å². The van der Waals surface area contributed by atoms with Crippen LogP contribution in [0.5, 0.6) is 0 Å². The average Bonchev–Trinajstić information content (AvgIpc) is 2.64. The number of hydrogen-bond donors (Lipinski definition) is 1. The predicted molar refractivity (Wildman–Crippen MR) is 52.6 cm³/mol. The quantitative estimate of drug-likeness (QED) is 0.743. The van der Waals surface area contributed by atoms with Gasteiger partial charge in [-0.1, -0.05) is 12.8 Å². The van der Waals surface area contributed by atoms with E-state index in [0.717, 1.165) is 12.4 Å². The Kier molecular flexibility index (Phi) is 2.77. The molecule has 2 atom stereocenters. The van der Waals surface area contributed by atoms with E-state index in [-0.39, 0.29) is 0 Å². The van der Waals surface area contributed by atoms with Crippen LogP contribution in [0.1, 0.15) is 37.4 Å². The fourth-order valence-corrected chi connectivity index (χ4v) is 2.38. The molecule has 0 amide bonds. The van der Waals surface area contributed by atoms with E-state index in [1.54, 1.807) is 4.68 Å². The first kappa shape index (κ1) is 9.58. The summed E-state index contributed by atoms with van der Waals surface area (Å²) in [6.07, 6.45) is 4.96. The number of aryl methyl sites for hydroxylation is 1. The van der Waals surface area contributed by atoms with Gasteiger partial charge in [-0.2, -0.15) is 0 Å². The van der Waals surface area contributed by atoms with Crippen molar-refractivity contribution in [1.29, 1.82) is 0 Å². The van der Waals surface area contributed by atoms with Crippen molar-refractivity contribution >= 4 is 0 Å². The summed E-state index contributed by atoms with van der Waals surface area (Å²) < 4.78 is 1.78. The number of tetrazole rings is 1. The highest BCUT2D eigenvalue weighted by Crippen LogP contribution is 2.35. The van der Waals surface area contributed by atoms with Crippen molar-refractivity contribution in [2.45, 2.75) is 31.6 Å². The summed E-state index contributed by atoms with van der Waals surface area (Å²) >= 11 is 0. The van der Waals surface area contributed by atoms with Crippen LogP contribution in [-0.2, 0) is 7.05 Å². The summed E-state index contributed by atoms with van der Waals surface area (Å²) in [7, 11) is 1.90. The summed E-state index contributed by atoms with van der Waals surface area (Å²) in [4.78, 5) is 0. The Balaban J connectivity index is 2.19. The zero-order valence-corrected chi connectivity index (χ0v) is 8.56. The number of aromatic nitrogens is 4. The molecular weight excluding hydrogens is 178 g/mol. The highest BCUT2D eigenvalue weighted by Gasteiger charge is 2.28. The first-order valence-corrected chi connectivity index (χ1v) is 5.25. The minimum absolute atomic E-state index is 0.466. The van der Waals surface area contributed by atoms with Gasteiger partial charge in [-0.25, -0.2) is 4.68 Å². The van der Waals surface area contributed by atoms with Crippen LogP contribution in [0.3, 0.4) is 0 Å². The SMILES string of the molecule is Cn1nnnc1C1CCCCC1CN. The van der Waals surface area contributed by atoms with Gasteiger partial charge in [-0.05, 0) is 35.7 Å². The molecule has 2 unspecified atom stereocenters. The molecule has 14 heavy (non-hydrogen) atoms. The zero-order valence-electron chi connectivity index (χ0n) is 8.56. The lowest BCUT2D eigenvalue weighted by Crippen LogP contribution is -2.27. The lowest BCUT2D eigenvalue weighted by Gasteiger charge is -2.29. The van der Waals surface area contributed by atoms with Crippen LogP contribution in [0.25, 0.3) is 0 Å². The van der Waals surface area contributed by atoms with Crippen LogP contribution in [0, 0.1) is 5.92 Å². The van der Waals surface area contributed by atoms with E-state index in [4.69, 9.17) is 5.73 Å². The van der Waals surface area contributed by atoms with Crippen molar-refractivity contribution in [3.05, 3.63) is 5.82 Å². The van der Waals surface area contributed by atoms with Gasteiger partial charge >= 0.3 is 0 Å². The summed E-state index contributed by atoms with van der Waals surface area (Å²) in [5.74, 6) is 2.03. The van der Waals surface area contributed by atoms with Crippen molar-refractivity contribution in [2.24, 2.45) is 18.7 Å². The third kappa shape index (κ3) is 1.64. The molecule has 2 rings (SSSR count). The van der Waals surface area contributed by atoms with Crippen LogP contribution >= 0.6 is 0 Å². The van der Waals surface area contributed by atoms with Crippen molar-refractivity contribution < 1.29 is 0 Å². The molecule has 0 aliphatic heterocycles. The van der Waals surface area contributed by atoms with Gasteiger partial charge in [-0.3, -0.25) is 0 Å². The van der Waals surface area contributed by atoms with Gasteiger partial charge < -0.3 is 5.73 Å². The van der Waals surface area contributed by atoms with Crippen LogP contribution in [0.4, 0.5) is 0 Å². The molecule has 5 heteroatoms. The Bertz CT molecular complexity index is 295. The van der Waals surface area contributed by atoms with Crippen molar-refractivity contribution in [3.63, 3.8) is 0 Å². The van der Waals surface area contributed by atoms with E-state index < -0.39 is 0 Å². The van der Waals surface area contributed by atoms with Gasteiger partial charge in [0.2, 0.25) is 0 Å². The van der Waals surface area contributed by atoms with Gasteiger partial charge in [0.15, 0.2) is 5.82 Å². The monoisotopic (exact) mass is 195 g/mol. The van der Waals surface area contributed by atoms with Crippen LogP contribution in [-0.4, -0.2) is 26.8 Å². The second-order valence-corrected chi connectivity index (χ2v) is 4.05. The normalized spacial score (nSPS) is 27.9. The minimum atomic E-state index is 0.466. The molecular formula is C9H17N5. The topological polar surface area (TPSA) is 69.6 Å². The van der Waals surface area contributed by atoms with E-state index in [1.165, 1.54) is 25.7 Å². The maximum absolute atomic E-state index is 5.77. The van der Waals surface area contributed by atoms with Gasteiger partial charge in [0.25, 0.3) is 0 Å². The predicted octanol–water partition coefficient (Wildman–Crippen LogP) is 0.443. The summed E-state index contributed by atoms with van der Waals surface area (Å²) in [6.45, 7) is 0.748. The highest BCUT2D eigenvalue weighted by molar-refractivity contribution is 4.98. The fourth-order valence-electron chi connectivity index (χ4n) is 2.38. The lowest BCUT2D eigenvalue weighted by atomic mass is 9.79. The summed E-state index contributed by atoms with van der Waals surface area (Å²) in [6, 6.07) is 0. The van der Waals surface area contributed by atoms with E-state index >= 15 is 0 Å². The third-order valence-corrected chi connectivity index (χ3v) is 3.20. The number of rotatable bonds is 2. The fraction of sp³-hybridized carbons (Fsp3) is 0.889. The first-order valence-electron chi connectivity index (χ1n) is 5.25. The smallest absolute Gasteiger partial charge is 0.154 e. The van der Waals surface area contributed by atoms with E-state index in [2.05, 4.69) is 15.5 Å². The van der Waals surface area contributed by atoms with Crippen molar-refractivity contribution in [2.75, 3.05) is 6.54 Å². The molecule has 1 saturated carbocycles. The molecule has 78 valence electrons. The lowest BCUT2D eigenvalue weighted by molar-refractivity contribution is 0.298. The molecule has 5 nitrogen and oxygen atoms in total. The first-order chi connectivity index (χ1) is 6.83. The van der Waals surface area contributed by atoms with Gasteiger partial charge in [0.1, 0.15) is 0 Å². The maximum atomic E-state index is 5.77. The Morgan fingerprint density at radius 2 is 2.21 bits per heavy atom. The Morgan fingerprint density at radius 3 is 2.86 bits per heavy atom. The van der Waals surface area contributed by atoms with Gasteiger partial charge in [0.05, 0.1) is 0 Å². The molecule has 1 aliphatic rings. The Hall–Kier alpha value is -0.970. The van der Waals surface area contributed by atoms with Crippen LogP contribution < -0.4 is 5.73 Å². The molecule has 1 aliphatic carbocycles. The maximum Gasteiger partial charge on any atom is 0.154 e. The molecule has 0 aromatic carbocycles. The molecule has 1 fully saturated rings. The third-order valence-electron chi connectivity index (χ3n) is 3.20. The highest BCUT2D eigenvalue weighted by atomic mass is 15.5. The molecule has 1 aromatic heterocycles. The molecule has 0 spiro atoms. The standard InChI is InChI=1S/C9H17N5/c1-14-9(11-12-13-14)8-5-3-2-4-7(8)6-10/h7-8H,2-6,10H2,1H3. The Labute approximate surface area is 83.7 Å². The molecule has 0 bridgehead atoms. The second kappa shape index (κ2) is 4.04. The summed E-state index contributed by atoms with van der Waals surface area (Å²) in [5, 5.41) is 11.6. The van der Waals surface area contributed by atoms with E-state index in [1.807, 2.05) is 7.05 Å². The largest absolute Gasteiger partial charge is 0.330 e. The number of hydrogen-bond acceptors (Lipinski definition) is 4. The Morgan fingerprint density at radius 1 is 1.43 bits per heavy atom. The zero-order chi connectivity index (χ0) is 9.97. The number of nitrogens with zero attached hydrogens (tertiary/aromatic N) is 4. The van der Waals surface area contributed by atoms with E-state index in [0.29, 0.717) is 11.8 Å². The van der Waals surface area contributed by atoms with Crippen LogP contribution in [0.2, 0.25) is 0 Å². The molecule has 1 aromatic rings. The van der Waals surface area contributed by atoms with Crippen molar-refractivity contribution in [1.82, 2.24) is 20.2 Å². The average molecular weight is 195 g/mol. The minimum Gasteiger partial charge on any atom is -0.330 e. The molecule has 1 heterocycles. The summed E-state index contributed by atoms with van der Waals surface area (Å²) in [5.41, 5.74) is 5.77. The van der Waals surface area contributed by atoms with Crippen molar-refractivity contribution in [3.8, 4) is 0 Å². The molecule has 0 saturated heterocycles.